The van der Waals surface area contributed by atoms with Gasteiger partial charge in [-0.25, -0.2) is 0 Å². The van der Waals surface area contributed by atoms with Crippen LogP contribution >= 0.6 is 58.8 Å². The molecule has 12 aliphatic carbocycles. The second-order valence-corrected chi connectivity index (χ2v) is 50.8. The number of hydrogen-bond donors (Lipinski definition) is 2. The van der Waals surface area contributed by atoms with Crippen LogP contribution in [0.25, 0.3) is 0 Å². The molecule has 12 aliphatic rings. The molecule has 0 bridgehead atoms. The number of thioether (sulfide) groups is 5. The first-order valence-corrected chi connectivity index (χ1v) is 51.6. The molecule has 0 radical (unpaired) electrons. The van der Waals surface area contributed by atoms with Crippen molar-refractivity contribution >= 4 is 70.7 Å². The van der Waals surface area contributed by atoms with Crippen molar-refractivity contribution in [3.8, 4) is 0 Å². The van der Waals surface area contributed by atoms with E-state index in [-0.39, 0.29) is 227 Å². The summed E-state index contributed by atoms with van der Waals surface area (Å²) in [5, 5.41) is 21.5. The molecule has 9 nitrogen and oxygen atoms in total. The first-order chi connectivity index (χ1) is 52.5. The van der Waals surface area contributed by atoms with Crippen molar-refractivity contribution in [2.45, 2.75) is 496 Å². The van der Waals surface area contributed by atoms with Crippen LogP contribution < -0.4 is 0 Å². The Morgan fingerprint density at radius 1 is 0.280 bits per heavy atom. The fraction of sp³-hybridized carbons (Fsp3) is 0.873. The molecule has 0 aromatic heterocycles. The van der Waals surface area contributed by atoms with Gasteiger partial charge in [0.1, 0.15) is 0 Å². The molecule has 22 heteroatoms. The van der Waals surface area contributed by atoms with E-state index in [2.05, 4.69) is 165 Å². The third-order valence-electron chi connectivity index (χ3n) is 22.7. The van der Waals surface area contributed by atoms with Crippen LogP contribution in [0.3, 0.4) is 0 Å². The van der Waals surface area contributed by atoms with E-state index in [1.165, 1.54) is 342 Å². The second kappa shape index (κ2) is 115. The van der Waals surface area contributed by atoms with E-state index < -0.39 is 0 Å². The minimum atomic E-state index is -0.151. The van der Waals surface area contributed by atoms with Gasteiger partial charge in [-0.2, -0.15) is 58.8 Å². The maximum Gasteiger partial charge on any atom is 2.00 e. The number of carbonyl (C=O) groups excluding carboxylic acids is 2. The summed E-state index contributed by atoms with van der Waals surface area (Å²) in [6.07, 6.45) is 71.3. The molecule has 10 atom stereocenters. The van der Waals surface area contributed by atoms with Crippen LogP contribution in [-0.4, -0.2) is 163 Å². The van der Waals surface area contributed by atoms with E-state index in [4.69, 9.17) is 24.4 Å². The van der Waals surface area contributed by atoms with Crippen molar-refractivity contribution in [3.05, 3.63) is 89.1 Å². The molecule has 818 valence electrons. The minimum absolute atomic E-state index is 0. The van der Waals surface area contributed by atoms with Crippen LogP contribution in [0.5, 0.6) is 0 Å². The Morgan fingerprint density at radius 3 is 0.659 bits per heavy atom. The van der Waals surface area contributed by atoms with Gasteiger partial charge in [0.15, 0.2) is 0 Å². The van der Waals surface area contributed by atoms with Crippen molar-refractivity contribution in [1.29, 1.82) is 0 Å². The summed E-state index contributed by atoms with van der Waals surface area (Å²) in [6, 6.07) is 0. The molecule has 12 rings (SSSR count). The Morgan fingerprint density at radius 2 is 0.470 bits per heavy atom. The van der Waals surface area contributed by atoms with Crippen LogP contribution in [0.1, 0.15) is 446 Å². The van der Waals surface area contributed by atoms with Gasteiger partial charge < -0.3 is 123 Å². The van der Waals surface area contributed by atoms with Gasteiger partial charge in [0.05, 0.1) is 19.8 Å². The van der Waals surface area contributed by atoms with Crippen LogP contribution in [-0.2, 0) is 126 Å². The van der Waals surface area contributed by atoms with Crippen molar-refractivity contribution in [3.63, 3.8) is 0 Å². The predicted molar refractivity (Wildman–Crippen MR) is 592 cm³/mol. The Labute approximate surface area is 919 Å². The van der Waals surface area contributed by atoms with Gasteiger partial charge in [-0.05, 0) is 135 Å². The Kier molecular flexibility index (Phi) is 163. The molecule has 0 saturated heterocycles. The number of esters is 2. The third-order valence-corrected chi connectivity index (χ3v) is 30.8. The summed E-state index contributed by atoms with van der Waals surface area (Å²) in [6.45, 7) is 43.1. The zero-order valence-corrected chi connectivity index (χ0v) is 103. The first kappa shape index (κ1) is 187. The maximum absolute atomic E-state index is 10.8. The molecular weight excluding hydrogens is 1990 g/mol. The molecule has 12 fully saturated rings. The first-order valence-electron chi connectivity index (χ1n) is 47.2. The summed E-state index contributed by atoms with van der Waals surface area (Å²) in [5.74, 6) is 4.06. The molecule has 0 spiro atoms. The molecule has 0 amide bonds. The average molecular weight is 2230 g/mol. The minimum Gasteiger partial charge on any atom is -0.466 e. The number of ether oxygens (including phenoxy) is 3. The van der Waals surface area contributed by atoms with Crippen LogP contribution in [0.2, 0.25) is 0 Å². The zero-order chi connectivity index (χ0) is 82.8. The van der Waals surface area contributed by atoms with E-state index in [0.29, 0.717) is 83.7 Å². The zero-order valence-electron chi connectivity index (χ0n) is 92.7. The summed E-state index contributed by atoms with van der Waals surface area (Å²) in [4.78, 5) is 26.2. The average Bonchev–Trinajstić information content (AvgIpc) is 1.75. The monoisotopic (exact) mass is 2230 g/mol. The largest absolute Gasteiger partial charge is 2.00 e. The Bertz CT molecular complexity index is 1990. The SMILES string of the molecule is C.C1CCCC1.C1CCCC1.C1CCCC1.C1CCCC1.C1CCCC1.C1CCCC1.CC(=O)OCC1CCCC1SC(C)(C)C.CC(=O)OCC1CCCC1SC(C)(C)C.CC(C)(C)SC1CCCC1CO.CC(C)(C)SC1CCCC1COCCCO.CN(C)CC1CCCC1.CN(C)CC1CCCC1SC(C)(C)C.F.F.[CH3-].[CH3-].[CH3-].[CH3-].[CH3-].[CH3-].[CH3-].[CH3-].[CH3-].[CH3-].[CH3-].[CH3-].[Fe+2].[Fe+2].[Fe+2].[Fe+2].[Fe+2].[Fe+2]. The maximum atomic E-state index is 10.8. The summed E-state index contributed by atoms with van der Waals surface area (Å²) < 4.78 is 17.6. The number of rotatable bonds is 19. The number of hydrogen-bond acceptors (Lipinski definition) is 14. The number of carbonyl (C=O) groups is 2. The van der Waals surface area contributed by atoms with Crippen molar-refractivity contribution in [2.75, 3.05) is 80.9 Å². The third kappa shape index (κ3) is 117. The van der Waals surface area contributed by atoms with E-state index in [0.717, 1.165) is 41.3 Å². The van der Waals surface area contributed by atoms with Gasteiger partial charge in [0.25, 0.3) is 0 Å². The van der Waals surface area contributed by atoms with Gasteiger partial charge in [0, 0.05) is 109 Å². The van der Waals surface area contributed by atoms with Crippen LogP contribution in [0.15, 0.2) is 0 Å². The quantitative estimate of drug-likeness (QED) is 0.0554. The molecule has 0 aromatic rings. The molecule has 0 heterocycles. The summed E-state index contributed by atoms with van der Waals surface area (Å²) >= 11 is 10.4. The van der Waals surface area contributed by atoms with Crippen LogP contribution in [0.4, 0.5) is 9.41 Å². The topological polar surface area (TPSA) is 109 Å². The summed E-state index contributed by atoms with van der Waals surface area (Å²) in [7, 11) is 8.71. The molecule has 132 heavy (non-hydrogen) atoms. The van der Waals surface area contributed by atoms with Crippen molar-refractivity contribution in [1.82, 2.24) is 9.80 Å². The van der Waals surface area contributed by atoms with Gasteiger partial charge in [-0.3, -0.25) is 19.0 Å². The molecule has 2 N–H and O–H groups in total. The second-order valence-electron chi connectivity index (χ2n) is 40.5. The Hall–Kier alpha value is 3.47. The van der Waals surface area contributed by atoms with E-state index in [1.54, 1.807) is 0 Å². The molecule has 0 aliphatic heterocycles. The summed E-state index contributed by atoms with van der Waals surface area (Å²) in [5.41, 5.74) is 0. The Balaban J connectivity index is -0.0000000539. The van der Waals surface area contributed by atoms with Crippen LogP contribution in [0, 0.1) is 125 Å². The van der Waals surface area contributed by atoms with Crippen molar-refractivity contribution < 1.29 is 146 Å². The van der Waals surface area contributed by atoms with E-state index in [1.807, 2.05) is 35.3 Å². The standard InChI is InChI=1S/C13H26O2S.C12H25NS.2C12H22O2S.C10H20OS.C8H17N.6C5H10.CH4.12CH3.2FH.6Fe/c1-13(2,3)16-12-7-4-6-11(12)10-15-9-5-8-14;1-12(2,3)14-11-8-6-7-10(11)9-13(4)5;2*1-9(13)14-8-10-6-5-7-11(10)15-12(2,3)4;1-10(2,3)12-9-6-4-5-8(9)7-11;1-9(2)7-8-5-3-4-6-8;6*1-2-4-5-3-1;;;;;;;;;;;;;;;;;;;;;/h11-12,14H,4-10H2,1-3H3;10-11H,6-9H2,1-5H3;2*10-11H,5-8H2,1-4H3;8-9,11H,4-7H2,1-3H3;8H,3-7H2,1-2H3;6*1-5H2;1H4;12*1H3;2*1H;;;;;;/q;;;;;;;;;;;;;12*-1;;;6*+2. The molecular formula is C110H234F2Fe6N2O7S5. The van der Waals surface area contributed by atoms with Gasteiger partial charge >= 0.3 is 114 Å². The number of nitrogens with zero attached hydrogens (tertiary/aromatic N) is 2. The van der Waals surface area contributed by atoms with Gasteiger partial charge in [0.2, 0.25) is 0 Å². The molecule has 12 saturated carbocycles. The van der Waals surface area contributed by atoms with Gasteiger partial charge in [-0.1, -0.05) is 349 Å². The predicted octanol–water partition coefficient (Wildman–Crippen LogP) is 35.3. The smallest absolute Gasteiger partial charge is 0.466 e. The number of halogens is 2. The van der Waals surface area contributed by atoms with Crippen molar-refractivity contribution in [2.24, 2.45) is 35.5 Å². The number of aliphatic hydroxyl groups is 2. The number of aliphatic hydroxyl groups excluding tert-OH is 2. The molecule has 10 unspecified atom stereocenters. The molecule has 0 aromatic carbocycles. The van der Waals surface area contributed by atoms with Gasteiger partial charge in [-0.15, -0.1) is 0 Å². The van der Waals surface area contributed by atoms with E-state index in [9.17, 15) is 9.59 Å². The normalized spacial score (nSPS) is 22.0. The van der Waals surface area contributed by atoms with E-state index >= 15 is 0 Å². The fourth-order valence-corrected chi connectivity index (χ4v) is 25.4. The fourth-order valence-electron chi connectivity index (χ4n) is 17.4.